The summed E-state index contributed by atoms with van der Waals surface area (Å²) in [6.45, 7) is 0. The molecule has 0 unspecified atom stereocenters. The van der Waals surface area contributed by atoms with Gasteiger partial charge in [-0.1, -0.05) is 0 Å². The Morgan fingerprint density at radius 1 is 1.21 bits per heavy atom. The van der Waals surface area contributed by atoms with Crippen molar-refractivity contribution in [3.05, 3.63) is 48.8 Å². The van der Waals surface area contributed by atoms with E-state index in [1.165, 1.54) is 18.7 Å². The monoisotopic (exact) mass is 191 g/mol. The van der Waals surface area contributed by atoms with Crippen molar-refractivity contribution in [1.82, 2.24) is 15.0 Å². The van der Waals surface area contributed by atoms with Crippen molar-refractivity contribution in [2.24, 2.45) is 0 Å². The molecule has 0 saturated carbocycles. The Labute approximate surface area is 80.5 Å². The molecule has 0 radical (unpaired) electrons. The summed E-state index contributed by atoms with van der Waals surface area (Å²) in [5.74, 6) is -1.00. The summed E-state index contributed by atoms with van der Waals surface area (Å²) in [6.07, 6.45) is 7.52. The van der Waals surface area contributed by atoms with Crippen molar-refractivity contribution in [3.63, 3.8) is 0 Å². The molecule has 0 aliphatic carbocycles. The van der Waals surface area contributed by atoms with Gasteiger partial charge in [-0.05, 0) is 12.1 Å². The first-order valence-corrected chi connectivity index (χ1v) is 3.87. The molecular weight excluding hydrogens is 182 g/mol. The number of nitrogens with one attached hydrogen (secondary N) is 1. The van der Waals surface area contributed by atoms with Crippen molar-refractivity contribution in [1.29, 1.82) is 0 Å². The van der Waals surface area contributed by atoms with Crippen LogP contribution in [0.2, 0.25) is 0 Å². The molecule has 0 spiro atoms. The molecular formula is C9H9N3O2. The standard InChI is InChI=1S/C5H4N2O2.C4H5N/c8-5(9)4-1-6-3-7-2-4;1-2-4-5-3-1/h1-3H,(H,8,9);1-5H. The minimum Gasteiger partial charge on any atom is -0.478 e. The molecule has 0 aromatic carbocycles. The van der Waals surface area contributed by atoms with E-state index < -0.39 is 5.97 Å². The van der Waals surface area contributed by atoms with Gasteiger partial charge in [0, 0.05) is 24.8 Å². The van der Waals surface area contributed by atoms with Crippen LogP contribution in [0.1, 0.15) is 10.4 Å². The van der Waals surface area contributed by atoms with Crippen molar-refractivity contribution < 1.29 is 9.90 Å². The van der Waals surface area contributed by atoms with Gasteiger partial charge >= 0.3 is 5.97 Å². The Kier molecular flexibility index (Phi) is 3.87. The fourth-order valence-corrected chi connectivity index (χ4v) is 0.687. The number of aromatic carboxylic acids is 1. The maximum atomic E-state index is 10.1. The maximum absolute atomic E-state index is 10.1. The lowest BCUT2D eigenvalue weighted by Gasteiger charge is -1.86. The fraction of sp³-hybridized carbons (Fsp3) is 0. The van der Waals surface area contributed by atoms with Crippen LogP contribution >= 0.6 is 0 Å². The predicted molar refractivity (Wildman–Crippen MR) is 49.8 cm³/mol. The zero-order valence-electron chi connectivity index (χ0n) is 7.29. The number of rotatable bonds is 1. The number of hydrogen-bond donors (Lipinski definition) is 2. The van der Waals surface area contributed by atoms with E-state index in [4.69, 9.17) is 5.11 Å². The van der Waals surface area contributed by atoms with Crippen LogP contribution in [0.3, 0.4) is 0 Å². The third-order valence-corrected chi connectivity index (χ3v) is 1.30. The molecule has 0 bridgehead atoms. The molecule has 0 aliphatic rings. The number of carboxylic acid groups (broad SMARTS) is 1. The molecule has 2 heterocycles. The lowest BCUT2D eigenvalue weighted by Crippen LogP contribution is -1.96. The minimum absolute atomic E-state index is 0.109. The van der Waals surface area contributed by atoms with E-state index in [0.29, 0.717) is 0 Å². The van der Waals surface area contributed by atoms with E-state index >= 15 is 0 Å². The molecule has 5 nitrogen and oxygen atoms in total. The highest BCUT2D eigenvalue weighted by Crippen LogP contribution is 1.89. The van der Waals surface area contributed by atoms with Crippen LogP contribution in [-0.2, 0) is 0 Å². The Bertz CT molecular complexity index is 342. The highest BCUT2D eigenvalue weighted by molar-refractivity contribution is 5.86. The first-order valence-electron chi connectivity index (χ1n) is 3.87. The van der Waals surface area contributed by atoms with Crippen LogP contribution in [0.15, 0.2) is 43.2 Å². The predicted octanol–water partition coefficient (Wildman–Crippen LogP) is 1.19. The molecule has 0 aliphatic heterocycles. The second kappa shape index (κ2) is 5.47. The number of carbonyl (C=O) groups is 1. The minimum atomic E-state index is -1.00. The van der Waals surface area contributed by atoms with E-state index in [0.717, 1.165) is 0 Å². The zero-order chi connectivity index (χ0) is 10.2. The molecule has 2 rings (SSSR count). The van der Waals surface area contributed by atoms with Crippen LogP contribution in [-0.4, -0.2) is 26.0 Å². The first kappa shape index (κ1) is 9.91. The van der Waals surface area contributed by atoms with Gasteiger partial charge in [0.25, 0.3) is 0 Å². The van der Waals surface area contributed by atoms with E-state index in [9.17, 15) is 4.79 Å². The Hall–Kier alpha value is -2.17. The van der Waals surface area contributed by atoms with Gasteiger partial charge in [0.05, 0.1) is 5.56 Å². The first-order chi connectivity index (χ1) is 6.80. The third-order valence-electron chi connectivity index (χ3n) is 1.30. The number of hydrogen-bond acceptors (Lipinski definition) is 3. The van der Waals surface area contributed by atoms with Crippen LogP contribution in [0.4, 0.5) is 0 Å². The largest absolute Gasteiger partial charge is 0.478 e. The number of aromatic nitrogens is 3. The summed E-state index contributed by atoms with van der Waals surface area (Å²) >= 11 is 0. The molecule has 2 aromatic heterocycles. The van der Waals surface area contributed by atoms with Gasteiger partial charge in [0.1, 0.15) is 6.33 Å². The van der Waals surface area contributed by atoms with Crippen molar-refractivity contribution >= 4 is 5.97 Å². The number of aromatic amines is 1. The molecule has 0 saturated heterocycles. The molecule has 2 N–H and O–H groups in total. The van der Waals surface area contributed by atoms with Gasteiger partial charge in [-0.15, -0.1) is 0 Å². The van der Waals surface area contributed by atoms with Crippen LogP contribution in [0, 0.1) is 0 Å². The van der Waals surface area contributed by atoms with Crippen LogP contribution in [0.5, 0.6) is 0 Å². The average Bonchev–Trinajstić information content (AvgIpc) is 2.77. The average molecular weight is 191 g/mol. The quantitative estimate of drug-likeness (QED) is 0.709. The molecule has 72 valence electrons. The highest BCUT2D eigenvalue weighted by atomic mass is 16.4. The molecule has 0 fully saturated rings. The van der Waals surface area contributed by atoms with Gasteiger partial charge < -0.3 is 10.1 Å². The number of H-pyrrole nitrogens is 1. The topological polar surface area (TPSA) is 78.9 Å². The Morgan fingerprint density at radius 2 is 1.79 bits per heavy atom. The summed E-state index contributed by atoms with van der Waals surface area (Å²) in [5, 5.41) is 8.30. The van der Waals surface area contributed by atoms with Crippen molar-refractivity contribution in [3.8, 4) is 0 Å². The fourth-order valence-electron chi connectivity index (χ4n) is 0.687. The molecule has 2 aromatic rings. The van der Waals surface area contributed by atoms with Crippen molar-refractivity contribution in [2.45, 2.75) is 0 Å². The summed E-state index contributed by atoms with van der Waals surface area (Å²) in [4.78, 5) is 20.0. The smallest absolute Gasteiger partial charge is 0.338 e. The van der Waals surface area contributed by atoms with Gasteiger partial charge in [0.2, 0.25) is 0 Å². The third kappa shape index (κ3) is 3.48. The van der Waals surface area contributed by atoms with Gasteiger partial charge in [0.15, 0.2) is 0 Å². The highest BCUT2D eigenvalue weighted by Gasteiger charge is 1.98. The Balaban J connectivity index is 0.000000165. The molecule has 14 heavy (non-hydrogen) atoms. The van der Waals surface area contributed by atoms with Gasteiger partial charge in [-0.2, -0.15) is 0 Å². The van der Waals surface area contributed by atoms with E-state index in [1.54, 1.807) is 0 Å². The van der Waals surface area contributed by atoms with E-state index in [-0.39, 0.29) is 5.56 Å². The van der Waals surface area contributed by atoms with E-state index in [2.05, 4.69) is 15.0 Å². The number of carboxylic acids is 1. The van der Waals surface area contributed by atoms with Crippen LogP contribution < -0.4 is 0 Å². The second-order valence-electron chi connectivity index (χ2n) is 2.32. The number of nitrogens with zero attached hydrogens (tertiary/aromatic N) is 2. The molecule has 0 atom stereocenters. The zero-order valence-corrected chi connectivity index (χ0v) is 7.29. The maximum Gasteiger partial charge on any atom is 0.338 e. The van der Waals surface area contributed by atoms with Crippen molar-refractivity contribution in [2.75, 3.05) is 0 Å². The van der Waals surface area contributed by atoms with Gasteiger partial charge in [-0.25, -0.2) is 14.8 Å². The summed E-state index contributed by atoms with van der Waals surface area (Å²) in [6, 6.07) is 3.89. The second-order valence-corrected chi connectivity index (χ2v) is 2.32. The lowest BCUT2D eigenvalue weighted by atomic mass is 10.4. The van der Waals surface area contributed by atoms with Gasteiger partial charge in [-0.3, -0.25) is 0 Å². The Morgan fingerprint density at radius 3 is 2.07 bits per heavy atom. The molecule has 0 amide bonds. The van der Waals surface area contributed by atoms with Crippen LogP contribution in [0.25, 0.3) is 0 Å². The SMILES string of the molecule is O=C(O)c1cncnc1.c1cc[nH]c1. The summed E-state index contributed by atoms with van der Waals surface area (Å²) < 4.78 is 0. The van der Waals surface area contributed by atoms with E-state index in [1.807, 2.05) is 24.5 Å². The summed E-state index contributed by atoms with van der Waals surface area (Å²) in [7, 11) is 0. The summed E-state index contributed by atoms with van der Waals surface area (Å²) in [5.41, 5.74) is 0.109. The normalized spacial score (nSPS) is 8.57. The lowest BCUT2D eigenvalue weighted by molar-refractivity contribution is 0.0696. The molecule has 5 heteroatoms.